The maximum absolute atomic E-state index is 14.6. The number of amides is 3. The Bertz CT molecular complexity index is 1290. The lowest BCUT2D eigenvalue weighted by Crippen LogP contribution is -2.59. The van der Waals surface area contributed by atoms with Crippen molar-refractivity contribution in [3.63, 3.8) is 0 Å². The second-order valence-corrected chi connectivity index (χ2v) is 12.7. The maximum atomic E-state index is 14.6. The lowest BCUT2D eigenvalue weighted by atomic mass is 9.83. The molecule has 1 saturated carbocycles. The summed E-state index contributed by atoms with van der Waals surface area (Å²) in [4.78, 5) is 56.8. The minimum Gasteiger partial charge on any atom is -0.464 e. The van der Waals surface area contributed by atoms with Gasteiger partial charge in [-0.05, 0) is 76.1 Å². The highest BCUT2D eigenvalue weighted by molar-refractivity contribution is 5.95. The fourth-order valence-corrected chi connectivity index (χ4v) is 6.44. The van der Waals surface area contributed by atoms with Crippen LogP contribution in [0.2, 0.25) is 0 Å². The fraction of sp³-hybridized carbons (Fsp3) is 0.600. The van der Waals surface area contributed by atoms with Crippen LogP contribution in [-0.2, 0) is 30.5 Å². The molecule has 1 aliphatic carbocycles. The van der Waals surface area contributed by atoms with E-state index in [1.165, 1.54) is 0 Å². The van der Waals surface area contributed by atoms with Crippen LogP contribution in [0.25, 0.3) is 0 Å². The van der Waals surface area contributed by atoms with Crippen molar-refractivity contribution >= 4 is 23.7 Å². The third kappa shape index (κ3) is 8.54. The van der Waals surface area contributed by atoms with Crippen molar-refractivity contribution in [2.75, 3.05) is 7.05 Å². The van der Waals surface area contributed by atoms with Gasteiger partial charge in [-0.25, -0.2) is 4.79 Å². The van der Waals surface area contributed by atoms with E-state index < -0.39 is 42.1 Å². The monoisotopic (exact) mass is 622 g/mol. The first kappa shape index (κ1) is 34.2. The quantitative estimate of drug-likeness (QED) is 0.279. The number of likely N-dealkylation sites (tertiary alicyclic amines) is 1. The minimum absolute atomic E-state index is 0.0385. The normalized spacial score (nSPS) is 21.4. The van der Waals surface area contributed by atoms with Gasteiger partial charge in [0.25, 0.3) is 0 Å². The highest BCUT2D eigenvalue weighted by Crippen LogP contribution is 2.39. The van der Waals surface area contributed by atoms with Gasteiger partial charge in [0.05, 0.1) is 12.1 Å². The van der Waals surface area contributed by atoms with Crippen molar-refractivity contribution in [3.05, 3.63) is 59.5 Å². The molecule has 1 aliphatic heterocycles. The van der Waals surface area contributed by atoms with Gasteiger partial charge in [0, 0.05) is 0 Å². The zero-order valence-corrected chi connectivity index (χ0v) is 27.3. The van der Waals surface area contributed by atoms with Gasteiger partial charge in [0.2, 0.25) is 17.7 Å². The van der Waals surface area contributed by atoms with E-state index in [2.05, 4.69) is 16.0 Å². The Kier molecular flexibility index (Phi) is 12.2. The van der Waals surface area contributed by atoms with Gasteiger partial charge >= 0.3 is 5.97 Å². The third-order valence-corrected chi connectivity index (χ3v) is 9.53. The van der Waals surface area contributed by atoms with Crippen LogP contribution in [0.5, 0.6) is 0 Å². The molecule has 2 aliphatic rings. The number of nitrogens with zero attached hydrogens (tertiary/aromatic N) is 1. The van der Waals surface area contributed by atoms with Gasteiger partial charge in [-0.1, -0.05) is 69.9 Å². The van der Waals surface area contributed by atoms with Crippen LogP contribution in [0.1, 0.15) is 95.3 Å². The lowest BCUT2D eigenvalue weighted by molar-refractivity contribution is -0.152. The summed E-state index contributed by atoms with van der Waals surface area (Å²) < 4.78 is 11.6. The first-order valence-corrected chi connectivity index (χ1v) is 16.5. The first-order valence-electron chi connectivity index (χ1n) is 16.5. The molecule has 10 heteroatoms. The Balaban J connectivity index is 1.61. The van der Waals surface area contributed by atoms with Crippen molar-refractivity contribution < 1.29 is 28.3 Å². The maximum Gasteiger partial charge on any atom is 0.329 e. The van der Waals surface area contributed by atoms with Crippen LogP contribution in [0.15, 0.2) is 46.9 Å². The minimum atomic E-state index is -0.876. The molecule has 3 N–H and O–H groups in total. The van der Waals surface area contributed by atoms with Crippen LogP contribution in [0.3, 0.4) is 0 Å². The summed E-state index contributed by atoms with van der Waals surface area (Å²) in [5.74, 6) is -0.381. The van der Waals surface area contributed by atoms with Gasteiger partial charge in [-0.3, -0.25) is 14.4 Å². The molecule has 1 unspecified atom stereocenters. The number of benzene rings is 1. The number of likely N-dealkylation sites (N-methyl/N-ethyl adjacent to an activating group) is 1. The molecule has 0 radical (unpaired) electrons. The Hall–Kier alpha value is -3.66. The summed E-state index contributed by atoms with van der Waals surface area (Å²) in [6, 6.07) is 9.65. The number of ether oxygens (including phenoxy) is 1. The Morgan fingerprint density at radius 1 is 0.956 bits per heavy atom. The summed E-state index contributed by atoms with van der Waals surface area (Å²) in [6.45, 7) is 7.56. The standard InChI is InChI=1S/C35H50N4O6/c1-6-22(2)30(35(43)44-21-25-13-9-7-10-14-25)37-33(41)28-19-18-27(29-20-17-23(3)45-29)39(28)34(42)31(26-15-11-8-12-16-26)38-32(40)24(4)36-5/h7,9-10,13-14,17,20,22,24,26-28,30-31,36H,6,8,11-12,15-16,18-19,21H2,1-5H3,(H,37,41)(H,38,40)/t22-,24-,27+,28-,30?,31-/m0/s1. The Labute approximate surface area is 267 Å². The fourth-order valence-electron chi connectivity index (χ4n) is 6.44. The number of aryl methyl sites for hydroxylation is 1. The summed E-state index contributed by atoms with van der Waals surface area (Å²) in [5, 5.41) is 8.95. The second-order valence-electron chi connectivity index (χ2n) is 12.7. The molecule has 3 amide bonds. The van der Waals surface area contributed by atoms with E-state index in [4.69, 9.17) is 9.15 Å². The molecule has 0 spiro atoms. The molecule has 10 nitrogen and oxygen atoms in total. The Morgan fingerprint density at radius 3 is 2.29 bits per heavy atom. The number of nitrogens with one attached hydrogen (secondary N) is 3. The predicted molar refractivity (Wildman–Crippen MR) is 171 cm³/mol. The summed E-state index contributed by atoms with van der Waals surface area (Å²) in [6.07, 6.45) is 6.27. The summed E-state index contributed by atoms with van der Waals surface area (Å²) in [7, 11) is 1.70. The van der Waals surface area contributed by atoms with Crippen LogP contribution < -0.4 is 16.0 Å². The van der Waals surface area contributed by atoms with E-state index in [9.17, 15) is 19.2 Å². The van der Waals surface area contributed by atoms with Gasteiger partial charge in [-0.15, -0.1) is 0 Å². The van der Waals surface area contributed by atoms with Gasteiger partial charge < -0.3 is 30.0 Å². The third-order valence-electron chi connectivity index (χ3n) is 9.53. The number of carbonyl (C=O) groups is 4. The molecule has 6 atom stereocenters. The van der Waals surface area contributed by atoms with E-state index in [1.807, 2.05) is 63.2 Å². The molecule has 2 fully saturated rings. The molecule has 0 bridgehead atoms. The van der Waals surface area contributed by atoms with E-state index in [-0.39, 0.29) is 30.3 Å². The summed E-state index contributed by atoms with van der Waals surface area (Å²) in [5.41, 5.74) is 0.854. The zero-order chi connectivity index (χ0) is 32.5. The SMILES string of the molecule is CC[C@H](C)C(NC(=O)[C@@H]1CC[C@H](c2ccc(C)o2)N1C(=O)[C@@H](NC(=O)[C@H](C)NC)C1CCCCC1)C(=O)OCc1ccccc1. The highest BCUT2D eigenvalue weighted by Gasteiger charge is 2.47. The highest BCUT2D eigenvalue weighted by atomic mass is 16.5. The van der Waals surface area contributed by atoms with Gasteiger partial charge in [0.15, 0.2) is 0 Å². The van der Waals surface area contributed by atoms with Crippen LogP contribution in [-0.4, -0.2) is 59.8 Å². The van der Waals surface area contributed by atoms with E-state index in [0.29, 0.717) is 30.8 Å². The Morgan fingerprint density at radius 2 is 1.67 bits per heavy atom. The van der Waals surface area contributed by atoms with Gasteiger partial charge in [0.1, 0.15) is 36.3 Å². The molecular weight excluding hydrogens is 572 g/mol. The number of esters is 1. The van der Waals surface area contributed by atoms with E-state index >= 15 is 0 Å². The van der Waals surface area contributed by atoms with Crippen molar-refractivity contribution in [2.24, 2.45) is 11.8 Å². The largest absolute Gasteiger partial charge is 0.464 e. The number of furan rings is 1. The van der Waals surface area contributed by atoms with E-state index in [1.54, 1.807) is 18.9 Å². The van der Waals surface area contributed by atoms with Gasteiger partial charge in [-0.2, -0.15) is 0 Å². The van der Waals surface area contributed by atoms with Crippen LogP contribution in [0, 0.1) is 18.8 Å². The van der Waals surface area contributed by atoms with Crippen molar-refractivity contribution in [3.8, 4) is 0 Å². The second kappa shape index (κ2) is 16.1. The lowest BCUT2D eigenvalue weighted by Gasteiger charge is -2.37. The van der Waals surface area contributed by atoms with E-state index in [0.717, 1.165) is 37.7 Å². The van der Waals surface area contributed by atoms with Crippen LogP contribution in [0.4, 0.5) is 0 Å². The molecule has 1 saturated heterocycles. The number of hydrogen-bond acceptors (Lipinski definition) is 7. The molecule has 4 rings (SSSR count). The predicted octanol–water partition coefficient (Wildman–Crippen LogP) is 4.57. The molecule has 45 heavy (non-hydrogen) atoms. The summed E-state index contributed by atoms with van der Waals surface area (Å²) >= 11 is 0. The topological polar surface area (TPSA) is 130 Å². The smallest absolute Gasteiger partial charge is 0.329 e. The average molecular weight is 623 g/mol. The molecule has 246 valence electrons. The molecule has 1 aromatic heterocycles. The number of carbonyl (C=O) groups excluding carboxylic acids is 4. The molecule has 1 aromatic carbocycles. The average Bonchev–Trinajstić information content (AvgIpc) is 3.71. The molecule has 2 heterocycles. The first-order chi connectivity index (χ1) is 21.6. The van der Waals surface area contributed by atoms with Crippen molar-refractivity contribution in [1.82, 2.24) is 20.9 Å². The van der Waals surface area contributed by atoms with Crippen molar-refractivity contribution in [2.45, 2.75) is 116 Å². The number of hydrogen-bond donors (Lipinski definition) is 3. The molecular formula is C35H50N4O6. The van der Waals surface area contributed by atoms with Crippen molar-refractivity contribution in [1.29, 1.82) is 0 Å². The molecule has 2 aromatic rings. The number of rotatable bonds is 13. The van der Waals surface area contributed by atoms with Crippen LogP contribution >= 0.6 is 0 Å². The zero-order valence-electron chi connectivity index (χ0n) is 27.3.